The van der Waals surface area contributed by atoms with Crippen LogP contribution >= 0.6 is 11.3 Å². The summed E-state index contributed by atoms with van der Waals surface area (Å²) in [5.74, 6) is 1.23. The Morgan fingerprint density at radius 2 is 1.64 bits per heavy atom. The third kappa shape index (κ3) is 5.44. The lowest BCUT2D eigenvalue weighted by Gasteiger charge is -2.22. The summed E-state index contributed by atoms with van der Waals surface area (Å²) in [6.45, 7) is 9.38. The van der Waals surface area contributed by atoms with Gasteiger partial charge in [-0.25, -0.2) is 4.98 Å². The Kier molecular flexibility index (Phi) is 8.38. The quantitative estimate of drug-likeness (QED) is 0.238. The van der Waals surface area contributed by atoms with Crippen molar-refractivity contribution in [2.45, 2.75) is 40.7 Å². The van der Waals surface area contributed by atoms with Crippen LogP contribution in [0.1, 0.15) is 49.3 Å². The molecule has 36 heavy (non-hydrogen) atoms. The Morgan fingerprint density at radius 1 is 0.917 bits per heavy atom. The van der Waals surface area contributed by atoms with Crippen LogP contribution in [0.15, 0.2) is 54.7 Å². The van der Waals surface area contributed by atoms with Crippen LogP contribution in [0.5, 0.6) is 17.2 Å². The van der Waals surface area contributed by atoms with E-state index in [1.807, 2.05) is 51.1 Å². The number of benzene rings is 2. The third-order valence-electron chi connectivity index (χ3n) is 5.55. The predicted octanol–water partition coefficient (Wildman–Crippen LogP) is 6.30. The molecule has 2 heterocycles. The van der Waals surface area contributed by atoms with Gasteiger partial charge in [0.25, 0.3) is 5.91 Å². The Hall–Kier alpha value is -3.65. The average molecular weight is 506 g/mol. The summed E-state index contributed by atoms with van der Waals surface area (Å²) >= 11 is 1.50. The van der Waals surface area contributed by atoms with Crippen LogP contribution in [0.25, 0.3) is 10.2 Å². The summed E-state index contributed by atoms with van der Waals surface area (Å²) in [7, 11) is 0. The molecule has 0 spiro atoms. The van der Waals surface area contributed by atoms with Crippen molar-refractivity contribution in [3.63, 3.8) is 0 Å². The molecule has 0 saturated heterocycles. The molecule has 0 fully saturated rings. The number of nitrogens with zero attached hydrogens (tertiary/aromatic N) is 3. The van der Waals surface area contributed by atoms with Gasteiger partial charge in [0.05, 0.1) is 42.3 Å². The first kappa shape index (κ1) is 25.4. The number of rotatable bonds is 11. The highest BCUT2D eigenvalue weighted by Gasteiger charge is 2.26. The van der Waals surface area contributed by atoms with Crippen LogP contribution in [0.3, 0.4) is 0 Å². The van der Waals surface area contributed by atoms with Crippen molar-refractivity contribution in [3.8, 4) is 17.2 Å². The maximum atomic E-state index is 14.1. The van der Waals surface area contributed by atoms with Crippen molar-refractivity contribution in [2.24, 2.45) is 0 Å². The van der Waals surface area contributed by atoms with Crippen LogP contribution in [0, 0.1) is 0 Å². The van der Waals surface area contributed by atoms with Gasteiger partial charge in [0.2, 0.25) is 5.75 Å². The highest BCUT2D eigenvalue weighted by molar-refractivity contribution is 7.22. The van der Waals surface area contributed by atoms with E-state index in [4.69, 9.17) is 19.2 Å². The fourth-order valence-corrected chi connectivity index (χ4v) is 4.95. The molecule has 0 aliphatic rings. The SMILES string of the molecule is CCOc1cc(C(=O)N(Cc2ccccn2)c2nc3c(CC)cccc3s2)cc(OCC)c1OCC. The second-order valence-electron chi connectivity index (χ2n) is 7.93. The van der Waals surface area contributed by atoms with E-state index >= 15 is 0 Å². The number of thiazole rings is 1. The molecule has 4 aromatic rings. The molecule has 1 amide bonds. The molecule has 0 radical (unpaired) electrons. The van der Waals surface area contributed by atoms with Crippen molar-refractivity contribution in [1.82, 2.24) is 9.97 Å². The molecule has 0 N–H and O–H groups in total. The number of aryl methyl sites for hydroxylation is 1. The molecule has 0 unspecified atom stereocenters. The molecule has 188 valence electrons. The normalized spacial score (nSPS) is 10.9. The maximum Gasteiger partial charge on any atom is 0.260 e. The van der Waals surface area contributed by atoms with Gasteiger partial charge >= 0.3 is 0 Å². The minimum Gasteiger partial charge on any atom is -0.490 e. The van der Waals surface area contributed by atoms with E-state index in [1.165, 1.54) is 11.3 Å². The molecule has 7 nitrogen and oxygen atoms in total. The van der Waals surface area contributed by atoms with Crippen LogP contribution < -0.4 is 19.1 Å². The van der Waals surface area contributed by atoms with Crippen LogP contribution in [-0.2, 0) is 13.0 Å². The summed E-state index contributed by atoms with van der Waals surface area (Å²) in [4.78, 5) is 25.1. The minimum atomic E-state index is -0.220. The number of hydrogen-bond donors (Lipinski definition) is 0. The van der Waals surface area contributed by atoms with E-state index in [1.54, 1.807) is 23.2 Å². The molecule has 0 aliphatic heterocycles. The van der Waals surface area contributed by atoms with Crippen molar-refractivity contribution < 1.29 is 19.0 Å². The van der Waals surface area contributed by atoms with E-state index < -0.39 is 0 Å². The summed E-state index contributed by atoms with van der Waals surface area (Å²) in [5.41, 5.74) is 3.27. The van der Waals surface area contributed by atoms with Gasteiger partial charge in [-0.2, -0.15) is 0 Å². The Labute approximate surface area is 215 Å². The zero-order valence-electron chi connectivity index (χ0n) is 21.1. The van der Waals surface area contributed by atoms with Crippen LogP contribution in [0.2, 0.25) is 0 Å². The number of hydrogen-bond acceptors (Lipinski definition) is 7. The number of ether oxygens (including phenoxy) is 3. The van der Waals surface area contributed by atoms with Crippen molar-refractivity contribution >= 4 is 32.6 Å². The Morgan fingerprint density at radius 3 is 2.25 bits per heavy atom. The molecular weight excluding hydrogens is 474 g/mol. The number of fused-ring (bicyclic) bond motifs is 1. The van der Waals surface area contributed by atoms with Crippen LogP contribution in [-0.4, -0.2) is 35.7 Å². The fraction of sp³-hybridized carbons (Fsp3) is 0.321. The van der Waals surface area contributed by atoms with Gasteiger partial charge in [-0.1, -0.05) is 36.5 Å². The number of anilines is 1. The van der Waals surface area contributed by atoms with Gasteiger partial charge in [-0.05, 0) is 63.1 Å². The molecule has 4 rings (SSSR count). The highest BCUT2D eigenvalue weighted by Crippen LogP contribution is 2.40. The Bertz CT molecular complexity index is 1300. The predicted molar refractivity (Wildman–Crippen MR) is 144 cm³/mol. The lowest BCUT2D eigenvalue weighted by molar-refractivity contribution is 0.0983. The summed E-state index contributed by atoms with van der Waals surface area (Å²) in [5, 5.41) is 0.617. The molecule has 0 saturated carbocycles. The molecule has 8 heteroatoms. The van der Waals surface area contributed by atoms with Crippen molar-refractivity contribution in [1.29, 1.82) is 0 Å². The van der Waals surface area contributed by atoms with E-state index in [-0.39, 0.29) is 12.5 Å². The number of pyridine rings is 1. The number of carbonyl (C=O) groups excluding carboxylic acids is 1. The zero-order valence-corrected chi connectivity index (χ0v) is 21.9. The first-order valence-electron chi connectivity index (χ1n) is 12.3. The molecular formula is C28H31N3O4S. The summed E-state index contributed by atoms with van der Waals surface area (Å²) in [6.07, 6.45) is 2.59. The van der Waals surface area contributed by atoms with Gasteiger partial charge in [0.1, 0.15) is 0 Å². The van der Waals surface area contributed by atoms with Gasteiger partial charge in [0, 0.05) is 11.8 Å². The molecule has 0 atom stereocenters. The second-order valence-corrected chi connectivity index (χ2v) is 8.94. The number of carbonyl (C=O) groups is 1. The minimum absolute atomic E-state index is 0.220. The van der Waals surface area contributed by atoms with Gasteiger partial charge in [-0.15, -0.1) is 0 Å². The smallest absolute Gasteiger partial charge is 0.260 e. The van der Waals surface area contributed by atoms with Gasteiger partial charge < -0.3 is 14.2 Å². The van der Waals surface area contributed by atoms with Crippen molar-refractivity contribution in [3.05, 3.63) is 71.5 Å². The number of aromatic nitrogens is 2. The summed E-state index contributed by atoms with van der Waals surface area (Å²) in [6, 6.07) is 15.3. The topological polar surface area (TPSA) is 73.8 Å². The molecule has 2 aromatic carbocycles. The zero-order chi connectivity index (χ0) is 25.5. The Balaban J connectivity index is 1.83. The maximum absolute atomic E-state index is 14.1. The molecule has 2 aromatic heterocycles. The number of amides is 1. The van der Waals surface area contributed by atoms with Crippen LogP contribution in [0.4, 0.5) is 5.13 Å². The van der Waals surface area contributed by atoms with E-state index in [0.29, 0.717) is 47.8 Å². The highest BCUT2D eigenvalue weighted by atomic mass is 32.1. The fourth-order valence-electron chi connectivity index (χ4n) is 3.94. The van der Waals surface area contributed by atoms with E-state index in [0.717, 1.165) is 27.9 Å². The van der Waals surface area contributed by atoms with Gasteiger partial charge in [0.15, 0.2) is 16.6 Å². The third-order valence-corrected chi connectivity index (χ3v) is 6.59. The standard InChI is InChI=1S/C28H31N3O4S/c1-5-19-12-11-14-24-25(19)30-28(36-24)31(18-21-13-9-10-15-29-21)27(32)20-16-22(33-6-2)26(35-8-4)23(17-20)34-7-3/h9-17H,5-8,18H2,1-4H3. The lowest BCUT2D eigenvalue weighted by Crippen LogP contribution is -2.30. The first-order valence-corrected chi connectivity index (χ1v) is 13.1. The first-order chi connectivity index (χ1) is 17.6. The lowest BCUT2D eigenvalue weighted by atomic mass is 10.1. The number of para-hydroxylation sites is 1. The van der Waals surface area contributed by atoms with Gasteiger partial charge in [-0.3, -0.25) is 14.7 Å². The van der Waals surface area contributed by atoms with E-state index in [2.05, 4.69) is 18.0 Å². The average Bonchev–Trinajstić information content (AvgIpc) is 3.33. The van der Waals surface area contributed by atoms with E-state index in [9.17, 15) is 4.79 Å². The second kappa shape index (κ2) is 11.9. The molecule has 0 bridgehead atoms. The largest absolute Gasteiger partial charge is 0.490 e. The monoisotopic (exact) mass is 505 g/mol. The van der Waals surface area contributed by atoms with Crippen molar-refractivity contribution in [2.75, 3.05) is 24.7 Å². The molecule has 0 aliphatic carbocycles. The summed E-state index contributed by atoms with van der Waals surface area (Å²) < 4.78 is 18.6.